The van der Waals surface area contributed by atoms with E-state index in [9.17, 15) is 36.6 Å². The number of amides is 2. The Hall–Kier alpha value is -2.16. The number of aliphatic hydroxyl groups excluding tert-OH is 1. The number of hydrogen-bond acceptors (Lipinski definition) is 7. The SMILES string of the molecule is COCCc1nc2c(c(C(F)(F)F)n1)CCN(C(=O)C[C@H](N)CN1C(=O)CCC(F)(F)[C@H]1O)C2.Cl. The largest absolute Gasteiger partial charge is 0.433 e. The molecule has 2 amide bonds. The molecule has 3 heterocycles. The molecule has 1 aromatic rings. The summed E-state index contributed by atoms with van der Waals surface area (Å²) in [6, 6.07) is -1.06. The van der Waals surface area contributed by atoms with Gasteiger partial charge in [-0.3, -0.25) is 9.59 Å². The summed E-state index contributed by atoms with van der Waals surface area (Å²) in [5.41, 5.74) is 4.85. The van der Waals surface area contributed by atoms with Crippen LogP contribution in [0.1, 0.15) is 42.0 Å². The molecule has 2 atom stereocenters. The Labute approximate surface area is 204 Å². The summed E-state index contributed by atoms with van der Waals surface area (Å²) in [7, 11) is 1.39. The minimum absolute atomic E-state index is 0. The van der Waals surface area contributed by atoms with Crippen molar-refractivity contribution < 1.29 is 41.4 Å². The molecule has 3 N–H and O–H groups in total. The van der Waals surface area contributed by atoms with E-state index < -0.39 is 61.3 Å². The number of methoxy groups -OCH3 is 1. The topological polar surface area (TPSA) is 122 Å². The van der Waals surface area contributed by atoms with Gasteiger partial charge >= 0.3 is 6.18 Å². The maximum absolute atomic E-state index is 13.7. The number of alkyl halides is 5. The molecule has 0 saturated carbocycles. The molecular weight excluding hydrogens is 505 g/mol. The minimum Gasteiger partial charge on any atom is -0.384 e. The average Bonchev–Trinajstić information content (AvgIpc) is 2.76. The van der Waals surface area contributed by atoms with Crippen molar-refractivity contribution in [1.82, 2.24) is 19.8 Å². The molecule has 0 aromatic carbocycles. The van der Waals surface area contributed by atoms with Gasteiger partial charge in [-0.1, -0.05) is 0 Å². The van der Waals surface area contributed by atoms with Gasteiger partial charge in [-0.25, -0.2) is 18.7 Å². The number of ether oxygens (including phenoxy) is 1. The molecule has 0 aliphatic carbocycles. The zero-order valence-electron chi connectivity index (χ0n) is 18.9. The number of nitrogens with zero attached hydrogens (tertiary/aromatic N) is 4. The number of carbonyl (C=O) groups excluding carboxylic acids is 2. The fourth-order valence-electron chi connectivity index (χ4n) is 4.02. The maximum Gasteiger partial charge on any atom is 0.433 e. The maximum atomic E-state index is 13.7. The van der Waals surface area contributed by atoms with E-state index in [-0.39, 0.29) is 68.4 Å². The van der Waals surface area contributed by atoms with Crippen LogP contribution in [0.3, 0.4) is 0 Å². The quantitative estimate of drug-likeness (QED) is 0.508. The van der Waals surface area contributed by atoms with Gasteiger partial charge in [0.05, 0.1) is 18.8 Å². The van der Waals surface area contributed by atoms with E-state index >= 15 is 0 Å². The Morgan fingerprint density at radius 2 is 2.00 bits per heavy atom. The van der Waals surface area contributed by atoms with E-state index in [0.717, 1.165) is 0 Å². The van der Waals surface area contributed by atoms with Crippen molar-refractivity contribution in [3.05, 3.63) is 22.8 Å². The molecular formula is C20H27ClF5N5O4. The number of likely N-dealkylation sites (tertiary alicyclic amines) is 1. The van der Waals surface area contributed by atoms with Crippen LogP contribution in [0.5, 0.6) is 0 Å². The lowest BCUT2D eigenvalue weighted by molar-refractivity contribution is -0.205. The van der Waals surface area contributed by atoms with Crippen LogP contribution in [0, 0.1) is 0 Å². The fourth-order valence-corrected chi connectivity index (χ4v) is 4.02. The molecule has 2 aliphatic heterocycles. The molecule has 9 nitrogen and oxygen atoms in total. The number of carbonyl (C=O) groups is 2. The molecule has 1 fully saturated rings. The molecule has 0 spiro atoms. The zero-order valence-corrected chi connectivity index (χ0v) is 19.7. The number of aliphatic hydroxyl groups is 1. The van der Waals surface area contributed by atoms with E-state index in [1.165, 1.54) is 12.0 Å². The van der Waals surface area contributed by atoms with E-state index in [1.807, 2.05) is 0 Å². The number of hydrogen-bond donors (Lipinski definition) is 2. The summed E-state index contributed by atoms with van der Waals surface area (Å²) in [6.45, 7) is -0.581. The highest BCUT2D eigenvalue weighted by Gasteiger charge is 2.48. The number of fused-ring (bicyclic) bond motifs is 1. The van der Waals surface area contributed by atoms with Crippen molar-refractivity contribution in [2.75, 3.05) is 26.8 Å². The van der Waals surface area contributed by atoms with Crippen LogP contribution >= 0.6 is 12.4 Å². The van der Waals surface area contributed by atoms with Gasteiger partial charge in [0.1, 0.15) is 5.82 Å². The summed E-state index contributed by atoms with van der Waals surface area (Å²) in [5, 5.41) is 9.78. The van der Waals surface area contributed by atoms with Gasteiger partial charge < -0.3 is 25.4 Å². The van der Waals surface area contributed by atoms with Crippen LogP contribution in [0.25, 0.3) is 0 Å². The Balaban J connectivity index is 0.00000432. The summed E-state index contributed by atoms with van der Waals surface area (Å²) in [6.07, 6.45) is -8.68. The van der Waals surface area contributed by atoms with Crippen LogP contribution in [0.2, 0.25) is 0 Å². The second kappa shape index (κ2) is 11.3. The minimum atomic E-state index is -4.69. The number of aromatic nitrogens is 2. The van der Waals surface area contributed by atoms with Gasteiger partial charge in [0.15, 0.2) is 11.9 Å². The Morgan fingerprint density at radius 3 is 2.63 bits per heavy atom. The van der Waals surface area contributed by atoms with E-state index in [0.29, 0.717) is 4.90 Å². The molecule has 0 bridgehead atoms. The first-order chi connectivity index (χ1) is 15.8. The van der Waals surface area contributed by atoms with Gasteiger partial charge in [-0.05, 0) is 6.42 Å². The lowest BCUT2D eigenvalue weighted by Gasteiger charge is -2.38. The molecule has 0 radical (unpaired) electrons. The molecule has 1 saturated heterocycles. The van der Waals surface area contributed by atoms with Crippen LogP contribution in [0.4, 0.5) is 22.0 Å². The first-order valence-electron chi connectivity index (χ1n) is 10.7. The van der Waals surface area contributed by atoms with Gasteiger partial charge in [0.25, 0.3) is 5.92 Å². The van der Waals surface area contributed by atoms with Crippen molar-refractivity contribution in [1.29, 1.82) is 0 Å². The fraction of sp³-hybridized carbons (Fsp3) is 0.700. The van der Waals surface area contributed by atoms with Crippen molar-refractivity contribution in [2.45, 2.75) is 63.0 Å². The summed E-state index contributed by atoms with van der Waals surface area (Å²) in [4.78, 5) is 34.3. The number of piperidine rings is 1. The van der Waals surface area contributed by atoms with Gasteiger partial charge in [0.2, 0.25) is 11.8 Å². The van der Waals surface area contributed by atoms with Crippen LogP contribution < -0.4 is 5.73 Å². The average molecular weight is 532 g/mol. The van der Waals surface area contributed by atoms with Crippen molar-refractivity contribution in [2.24, 2.45) is 5.73 Å². The van der Waals surface area contributed by atoms with Crippen LogP contribution in [-0.2, 0) is 39.9 Å². The summed E-state index contributed by atoms with van der Waals surface area (Å²) < 4.78 is 72.9. The number of rotatable bonds is 7. The van der Waals surface area contributed by atoms with Crippen molar-refractivity contribution >= 4 is 24.2 Å². The highest BCUT2D eigenvalue weighted by Crippen LogP contribution is 2.34. The van der Waals surface area contributed by atoms with Gasteiger partial charge in [-0.15, -0.1) is 12.4 Å². The number of nitrogens with two attached hydrogens (primary N) is 1. The first kappa shape index (κ1) is 29.1. The lowest BCUT2D eigenvalue weighted by atomic mass is 10.0. The second-order valence-corrected chi connectivity index (χ2v) is 8.36. The Morgan fingerprint density at radius 1 is 1.31 bits per heavy atom. The predicted octanol–water partition coefficient (Wildman–Crippen LogP) is 1.28. The zero-order chi connectivity index (χ0) is 25.3. The van der Waals surface area contributed by atoms with Gasteiger partial charge in [-0.2, -0.15) is 13.2 Å². The highest BCUT2D eigenvalue weighted by atomic mass is 35.5. The van der Waals surface area contributed by atoms with Crippen LogP contribution in [0.15, 0.2) is 0 Å². The van der Waals surface area contributed by atoms with Crippen molar-refractivity contribution in [3.8, 4) is 0 Å². The monoisotopic (exact) mass is 531 g/mol. The predicted molar refractivity (Wildman–Crippen MR) is 113 cm³/mol. The molecule has 35 heavy (non-hydrogen) atoms. The first-order valence-corrected chi connectivity index (χ1v) is 10.7. The molecule has 1 aromatic heterocycles. The third-order valence-electron chi connectivity index (χ3n) is 5.80. The Bertz CT molecular complexity index is 936. The normalized spacial score (nSPS) is 20.8. The molecule has 15 heteroatoms. The Kier molecular flexibility index (Phi) is 9.36. The smallest absolute Gasteiger partial charge is 0.384 e. The molecule has 3 rings (SSSR count). The third-order valence-corrected chi connectivity index (χ3v) is 5.80. The standard InChI is InChI=1S/C20H26F5N5O4.ClH/c1-34-7-4-14-27-13-10-29(6-3-12(13)17(28-14)20(23,24)25)16(32)8-11(26)9-30-15(31)2-5-19(21,22)18(30)33;/h11,18,33H,2-10,26H2,1H3;1H/t11-,18+;/m0./s1. The molecule has 2 aliphatic rings. The lowest BCUT2D eigenvalue weighted by Crippen LogP contribution is -2.58. The van der Waals surface area contributed by atoms with E-state index in [2.05, 4.69) is 9.97 Å². The molecule has 0 unspecified atom stereocenters. The van der Waals surface area contributed by atoms with E-state index in [1.54, 1.807) is 0 Å². The summed E-state index contributed by atoms with van der Waals surface area (Å²) >= 11 is 0. The second-order valence-electron chi connectivity index (χ2n) is 8.36. The number of halogens is 6. The van der Waals surface area contributed by atoms with Crippen LogP contribution in [-0.4, -0.2) is 81.7 Å². The summed E-state index contributed by atoms with van der Waals surface area (Å²) in [5.74, 6) is -4.77. The van der Waals surface area contributed by atoms with E-state index in [4.69, 9.17) is 10.5 Å². The van der Waals surface area contributed by atoms with Gasteiger partial charge in [0, 0.05) is 57.5 Å². The van der Waals surface area contributed by atoms with Crippen molar-refractivity contribution in [3.63, 3.8) is 0 Å². The highest BCUT2D eigenvalue weighted by molar-refractivity contribution is 5.85. The molecule has 198 valence electrons. The third kappa shape index (κ3) is 6.74.